The van der Waals surface area contributed by atoms with Crippen molar-refractivity contribution in [1.82, 2.24) is 9.38 Å². The summed E-state index contributed by atoms with van der Waals surface area (Å²) < 4.78 is 2.11. The van der Waals surface area contributed by atoms with Crippen molar-refractivity contribution in [1.29, 1.82) is 0 Å². The second-order valence-electron chi connectivity index (χ2n) is 3.61. The first-order chi connectivity index (χ1) is 8.75. The van der Waals surface area contributed by atoms with E-state index in [4.69, 9.17) is 11.6 Å². The lowest BCUT2D eigenvalue weighted by molar-refractivity contribution is 1.14. The van der Waals surface area contributed by atoms with Gasteiger partial charge in [-0.2, -0.15) is 0 Å². The summed E-state index contributed by atoms with van der Waals surface area (Å²) in [5, 5.41) is 2.79. The lowest BCUT2D eigenvalue weighted by atomic mass is 10.1. The van der Waals surface area contributed by atoms with Crippen LogP contribution < -0.4 is 0 Å². The van der Waals surface area contributed by atoms with E-state index in [0.717, 1.165) is 21.2 Å². The first-order valence-corrected chi connectivity index (χ1v) is 7.19. The lowest BCUT2D eigenvalue weighted by Crippen LogP contribution is -1.83. The molecule has 2 nitrogen and oxygen atoms in total. The molecule has 2 aromatic heterocycles. The minimum absolute atomic E-state index is 0.752. The zero-order valence-electron chi connectivity index (χ0n) is 10.6. The monoisotopic (exact) mass is 278 g/mol. The van der Waals surface area contributed by atoms with Crippen LogP contribution in [0.15, 0.2) is 35.8 Å². The fourth-order valence-electron chi connectivity index (χ4n) is 1.78. The number of imidazole rings is 1. The Balaban J connectivity index is 0.000000574. The molecular weight excluding hydrogens is 264 g/mol. The predicted octanol–water partition coefficient (Wildman–Crippen LogP) is 5.05. The third-order valence-electron chi connectivity index (χ3n) is 2.62. The lowest BCUT2D eigenvalue weighted by Gasteiger charge is -1.98. The third kappa shape index (κ3) is 2.28. The summed E-state index contributed by atoms with van der Waals surface area (Å²) in [5.41, 5.74) is 3.31. The molecule has 0 fully saturated rings. The van der Waals surface area contributed by atoms with Crippen LogP contribution in [-0.4, -0.2) is 9.38 Å². The normalized spacial score (nSPS) is 10.2. The van der Waals surface area contributed by atoms with Crippen molar-refractivity contribution in [2.45, 2.75) is 20.8 Å². The summed E-state index contributed by atoms with van der Waals surface area (Å²) in [6, 6.07) is 7.79. The van der Waals surface area contributed by atoms with Gasteiger partial charge in [-0.15, -0.1) is 11.3 Å². The van der Waals surface area contributed by atoms with Crippen LogP contribution >= 0.6 is 22.9 Å². The summed E-state index contributed by atoms with van der Waals surface area (Å²) in [5.74, 6) is 0. The SMILES string of the molecule is CC.Cc1c(-c2ccc(Cl)cc2)nc2sccn12. The zero-order chi connectivity index (χ0) is 13.1. The molecule has 0 radical (unpaired) electrons. The van der Waals surface area contributed by atoms with Gasteiger partial charge >= 0.3 is 0 Å². The summed E-state index contributed by atoms with van der Waals surface area (Å²) in [6.45, 7) is 6.08. The van der Waals surface area contributed by atoms with E-state index >= 15 is 0 Å². The average Bonchev–Trinajstić information content (AvgIpc) is 2.97. The molecule has 0 unspecified atom stereocenters. The second-order valence-corrected chi connectivity index (χ2v) is 4.92. The van der Waals surface area contributed by atoms with Crippen LogP contribution in [0.2, 0.25) is 5.02 Å². The van der Waals surface area contributed by atoms with E-state index in [1.165, 1.54) is 5.69 Å². The predicted molar refractivity (Wildman–Crippen MR) is 79.6 cm³/mol. The Bertz CT molecular complexity index is 637. The van der Waals surface area contributed by atoms with Crippen molar-refractivity contribution < 1.29 is 0 Å². The average molecular weight is 279 g/mol. The van der Waals surface area contributed by atoms with Gasteiger partial charge in [-0.1, -0.05) is 37.6 Å². The number of hydrogen-bond donors (Lipinski definition) is 0. The number of benzene rings is 1. The van der Waals surface area contributed by atoms with Gasteiger partial charge in [0.05, 0.1) is 5.69 Å². The highest BCUT2D eigenvalue weighted by molar-refractivity contribution is 7.15. The molecule has 18 heavy (non-hydrogen) atoms. The minimum Gasteiger partial charge on any atom is -0.294 e. The number of aryl methyl sites for hydroxylation is 1. The molecule has 0 atom stereocenters. The molecule has 0 saturated heterocycles. The van der Waals surface area contributed by atoms with E-state index in [1.54, 1.807) is 11.3 Å². The quantitative estimate of drug-likeness (QED) is 0.609. The van der Waals surface area contributed by atoms with Crippen molar-refractivity contribution in [2.75, 3.05) is 0 Å². The summed E-state index contributed by atoms with van der Waals surface area (Å²) in [4.78, 5) is 5.64. The first kappa shape index (κ1) is 13.1. The van der Waals surface area contributed by atoms with Gasteiger partial charge < -0.3 is 0 Å². The maximum atomic E-state index is 5.87. The van der Waals surface area contributed by atoms with Gasteiger partial charge in [-0.05, 0) is 19.1 Å². The van der Waals surface area contributed by atoms with Crippen LogP contribution in [0.3, 0.4) is 0 Å². The molecule has 2 heterocycles. The minimum atomic E-state index is 0.752. The van der Waals surface area contributed by atoms with E-state index in [2.05, 4.69) is 16.3 Å². The Kier molecular flexibility index (Phi) is 4.04. The van der Waals surface area contributed by atoms with Crippen molar-refractivity contribution in [2.24, 2.45) is 0 Å². The van der Waals surface area contributed by atoms with E-state index in [0.29, 0.717) is 0 Å². The van der Waals surface area contributed by atoms with Crippen molar-refractivity contribution >= 4 is 27.9 Å². The third-order valence-corrected chi connectivity index (χ3v) is 3.63. The smallest absolute Gasteiger partial charge is 0.194 e. The van der Waals surface area contributed by atoms with Gasteiger partial charge in [0, 0.05) is 27.9 Å². The number of aromatic nitrogens is 2. The second kappa shape index (κ2) is 5.55. The largest absolute Gasteiger partial charge is 0.294 e. The van der Waals surface area contributed by atoms with Crippen LogP contribution in [0.5, 0.6) is 0 Å². The highest BCUT2D eigenvalue weighted by Gasteiger charge is 2.10. The molecule has 0 amide bonds. The van der Waals surface area contributed by atoms with Crippen molar-refractivity contribution in [3.63, 3.8) is 0 Å². The van der Waals surface area contributed by atoms with E-state index in [-0.39, 0.29) is 0 Å². The molecule has 0 aliphatic rings. The van der Waals surface area contributed by atoms with Crippen LogP contribution in [-0.2, 0) is 0 Å². The number of hydrogen-bond acceptors (Lipinski definition) is 2. The molecule has 0 spiro atoms. The van der Waals surface area contributed by atoms with Crippen LogP contribution in [0, 0.1) is 6.92 Å². The molecule has 1 aromatic carbocycles. The van der Waals surface area contributed by atoms with E-state index in [9.17, 15) is 0 Å². The Morgan fingerprint density at radius 3 is 2.44 bits per heavy atom. The molecule has 0 bridgehead atoms. The van der Waals surface area contributed by atoms with Crippen LogP contribution in [0.25, 0.3) is 16.2 Å². The van der Waals surface area contributed by atoms with Gasteiger partial charge in [-0.25, -0.2) is 4.98 Å². The number of nitrogens with zero attached hydrogens (tertiary/aromatic N) is 2. The highest BCUT2D eigenvalue weighted by atomic mass is 35.5. The number of fused-ring (bicyclic) bond motifs is 1. The maximum Gasteiger partial charge on any atom is 0.194 e. The van der Waals surface area contributed by atoms with Gasteiger partial charge in [0.25, 0.3) is 0 Å². The highest BCUT2D eigenvalue weighted by Crippen LogP contribution is 2.26. The zero-order valence-corrected chi connectivity index (χ0v) is 12.2. The van der Waals surface area contributed by atoms with Crippen LogP contribution in [0.1, 0.15) is 19.5 Å². The van der Waals surface area contributed by atoms with Crippen molar-refractivity contribution in [3.8, 4) is 11.3 Å². The molecule has 94 valence electrons. The number of thiazole rings is 1. The molecule has 4 heteroatoms. The van der Waals surface area contributed by atoms with E-state index in [1.807, 2.05) is 49.7 Å². The Morgan fingerprint density at radius 1 is 1.17 bits per heavy atom. The first-order valence-electron chi connectivity index (χ1n) is 5.94. The molecule has 3 aromatic rings. The summed E-state index contributed by atoms with van der Waals surface area (Å²) >= 11 is 7.52. The standard InChI is InChI=1S/C12H9ClN2S.C2H6/c1-8-11(9-2-4-10(13)5-3-9)14-12-15(8)6-7-16-12;1-2/h2-7H,1H3;1-2H3. The fraction of sp³-hybridized carbons (Fsp3) is 0.214. The molecule has 0 aliphatic heterocycles. The molecule has 0 N–H and O–H groups in total. The Hall–Kier alpha value is -1.32. The van der Waals surface area contributed by atoms with E-state index < -0.39 is 0 Å². The molecule has 0 aliphatic carbocycles. The molecule has 0 saturated carbocycles. The Labute approximate surface area is 116 Å². The maximum absolute atomic E-state index is 5.87. The van der Waals surface area contributed by atoms with Crippen LogP contribution in [0.4, 0.5) is 0 Å². The number of rotatable bonds is 1. The van der Waals surface area contributed by atoms with Gasteiger partial charge in [0.15, 0.2) is 4.96 Å². The Morgan fingerprint density at radius 2 is 1.83 bits per heavy atom. The molecular formula is C14H15ClN2S. The summed E-state index contributed by atoms with van der Waals surface area (Å²) in [7, 11) is 0. The fourth-order valence-corrected chi connectivity index (χ4v) is 2.67. The summed E-state index contributed by atoms with van der Waals surface area (Å²) in [6.07, 6.45) is 2.04. The van der Waals surface area contributed by atoms with Gasteiger partial charge in [0.2, 0.25) is 0 Å². The number of halogens is 1. The topological polar surface area (TPSA) is 17.3 Å². The molecule has 3 rings (SSSR count). The van der Waals surface area contributed by atoms with Crippen molar-refractivity contribution in [3.05, 3.63) is 46.6 Å². The van der Waals surface area contributed by atoms with Gasteiger partial charge in [-0.3, -0.25) is 4.40 Å². The van der Waals surface area contributed by atoms with Gasteiger partial charge in [0.1, 0.15) is 0 Å².